The van der Waals surface area contributed by atoms with Crippen LogP contribution in [0.2, 0.25) is 0 Å². The number of unbranched alkanes of at least 4 members (excludes halogenated alkanes) is 41. The maximum absolute atomic E-state index is 12.9. The predicted molar refractivity (Wildman–Crippen MR) is 311 cm³/mol. The molecule has 3 unspecified atom stereocenters. The molecule has 0 aromatic heterocycles. The molecule has 0 rings (SSSR count). The van der Waals surface area contributed by atoms with E-state index in [4.69, 9.17) is 9.05 Å². The van der Waals surface area contributed by atoms with Gasteiger partial charge in [0.05, 0.1) is 39.9 Å². The van der Waals surface area contributed by atoms with E-state index in [1.54, 1.807) is 6.08 Å². The Morgan fingerprint density at radius 1 is 0.472 bits per heavy atom. The van der Waals surface area contributed by atoms with E-state index < -0.39 is 26.6 Å². The van der Waals surface area contributed by atoms with E-state index in [0.717, 1.165) is 38.5 Å². The molecular weight excluding hydrogens is 912 g/mol. The van der Waals surface area contributed by atoms with Gasteiger partial charge in [0.25, 0.3) is 7.82 Å². The standard InChI is InChI=1S/C63H123N2O6P/c1-6-8-10-12-14-16-17-18-19-20-21-22-23-24-25-26-27-28-29-30-31-32-33-34-35-36-37-38-39-40-41-42-43-44-45-46-47-49-51-53-55-57-63(67)64-61(60-71-72(68,69)70-59-58-65(3,4)5)62(66)56-54-52-50-48-15-13-11-9-7-2/h15,20-21,48,54,56,61-62,66H,6-14,16-19,22-47,49-53,55,57-60H2,1-5H3,(H-,64,67,68,69)/b21-20-,48-15+,56-54+. The van der Waals surface area contributed by atoms with Crippen LogP contribution in [0.15, 0.2) is 36.5 Å². The largest absolute Gasteiger partial charge is 0.756 e. The van der Waals surface area contributed by atoms with Crippen LogP contribution in [0.3, 0.4) is 0 Å². The van der Waals surface area contributed by atoms with Crippen molar-refractivity contribution in [2.75, 3.05) is 40.9 Å². The summed E-state index contributed by atoms with van der Waals surface area (Å²) >= 11 is 0. The highest BCUT2D eigenvalue weighted by atomic mass is 31.2. The molecule has 3 atom stereocenters. The van der Waals surface area contributed by atoms with Crippen LogP contribution in [0.25, 0.3) is 0 Å². The number of carbonyl (C=O) groups excluding carboxylic acids is 1. The average molecular weight is 1040 g/mol. The molecule has 9 heteroatoms. The minimum Gasteiger partial charge on any atom is -0.756 e. The van der Waals surface area contributed by atoms with Crippen molar-refractivity contribution < 1.29 is 32.9 Å². The Hall–Kier alpha value is -1.28. The summed E-state index contributed by atoms with van der Waals surface area (Å²) in [5.41, 5.74) is 0. The number of allylic oxidation sites excluding steroid dienone is 5. The highest BCUT2D eigenvalue weighted by Gasteiger charge is 2.23. The van der Waals surface area contributed by atoms with Crippen molar-refractivity contribution in [3.63, 3.8) is 0 Å². The Kier molecular flexibility index (Phi) is 53.5. The van der Waals surface area contributed by atoms with E-state index in [1.165, 1.54) is 250 Å². The zero-order valence-electron chi connectivity index (χ0n) is 48.6. The lowest BCUT2D eigenvalue weighted by Gasteiger charge is -2.29. The number of aliphatic hydroxyl groups excluding tert-OH is 1. The summed E-state index contributed by atoms with van der Waals surface area (Å²) in [6, 6.07) is -0.899. The van der Waals surface area contributed by atoms with Crippen molar-refractivity contribution in [3.05, 3.63) is 36.5 Å². The maximum atomic E-state index is 12.9. The number of hydrogen-bond donors (Lipinski definition) is 2. The molecule has 0 aromatic carbocycles. The lowest BCUT2D eigenvalue weighted by atomic mass is 10.0. The molecule has 0 saturated carbocycles. The second kappa shape index (κ2) is 54.5. The van der Waals surface area contributed by atoms with Gasteiger partial charge in [0, 0.05) is 6.42 Å². The number of nitrogens with one attached hydrogen (secondary N) is 1. The van der Waals surface area contributed by atoms with E-state index in [1.807, 2.05) is 27.2 Å². The molecule has 0 heterocycles. The molecule has 0 saturated heterocycles. The van der Waals surface area contributed by atoms with E-state index in [-0.39, 0.29) is 12.5 Å². The van der Waals surface area contributed by atoms with Gasteiger partial charge in [0.15, 0.2) is 0 Å². The number of carbonyl (C=O) groups is 1. The Morgan fingerprint density at radius 3 is 1.15 bits per heavy atom. The first-order valence-corrected chi connectivity index (χ1v) is 32.8. The van der Waals surface area contributed by atoms with Crippen molar-refractivity contribution in [2.24, 2.45) is 0 Å². The Bertz CT molecular complexity index is 1270. The van der Waals surface area contributed by atoms with Crippen LogP contribution >= 0.6 is 7.82 Å². The number of amides is 1. The van der Waals surface area contributed by atoms with Crippen LogP contribution < -0.4 is 10.2 Å². The van der Waals surface area contributed by atoms with Gasteiger partial charge in [-0.05, 0) is 57.8 Å². The van der Waals surface area contributed by atoms with Gasteiger partial charge in [0.2, 0.25) is 5.91 Å². The molecule has 8 nitrogen and oxygen atoms in total. The number of likely N-dealkylation sites (N-methyl/N-ethyl adjacent to an activating group) is 1. The quantitative estimate of drug-likeness (QED) is 0.0272. The van der Waals surface area contributed by atoms with Crippen molar-refractivity contribution in [3.8, 4) is 0 Å². The lowest BCUT2D eigenvalue weighted by molar-refractivity contribution is -0.870. The van der Waals surface area contributed by atoms with Crippen LogP contribution in [0, 0.1) is 0 Å². The van der Waals surface area contributed by atoms with Gasteiger partial charge < -0.3 is 28.8 Å². The average Bonchev–Trinajstić information content (AvgIpc) is 3.34. The first-order chi connectivity index (χ1) is 35.0. The SMILES string of the molecule is CCCCC/C=C/CC/C=C/C(O)C(COP(=O)([O-])OCC[N+](C)(C)C)NC(=O)CCCCCCCCCCCCCCCCCCCCCCCCCCCCCCC/C=C\CCCCCCCCCC. The number of nitrogens with zero attached hydrogens (tertiary/aromatic N) is 1. The highest BCUT2D eigenvalue weighted by molar-refractivity contribution is 7.45. The van der Waals surface area contributed by atoms with Gasteiger partial charge in [-0.3, -0.25) is 9.36 Å². The second-order valence-corrected chi connectivity index (χ2v) is 24.2. The highest BCUT2D eigenvalue weighted by Crippen LogP contribution is 2.38. The normalized spacial score (nSPS) is 14.0. The van der Waals surface area contributed by atoms with Crippen molar-refractivity contribution in [1.29, 1.82) is 0 Å². The molecule has 2 N–H and O–H groups in total. The van der Waals surface area contributed by atoms with Gasteiger partial charge >= 0.3 is 0 Å². The van der Waals surface area contributed by atoms with Crippen molar-refractivity contribution in [1.82, 2.24) is 5.32 Å². The fourth-order valence-corrected chi connectivity index (χ4v) is 10.1. The Balaban J connectivity index is 3.74. The summed E-state index contributed by atoms with van der Waals surface area (Å²) in [6.45, 7) is 4.59. The first-order valence-electron chi connectivity index (χ1n) is 31.4. The van der Waals surface area contributed by atoms with E-state index in [2.05, 4.69) is 43.5 Å². The third-order valence-electron chi connectivity index (χ3n) is 14.3. The molecule has 1 amide bonds. The summed E-state index contributed by atoms with van der Waals surface area (Å²) in [7, 11) is 1.25. The van der Waals surface area contributed by atoms with E-state index >= 15 is 0 Å². The maximum Gasteiger partial charge on any atom is 0.268 e. The lowest BCUT2D eigenvalue weighted by Crippen LogP contribution is -2.45. The molecule has 0 aliphatic carbocycles. The van der Waals surface area contributed by atoms with E-state index in [0.29, 0.717) is 17.4 Å². The first kappa shape index (κ1) is 70.7. The van der Waals surface area contributed by atoms with Crippen LogP contribution in [0.5, 0.6) is 0 Å². The van der Waals surface area contributed by atoms with Crippen molar-refractivity contribution in [2.45, 2.75) is 321 Å². The predicted octanol–water partition coefficient (Wildman–Crippen LogP) is 18.7. The monoisotopic (exact) mass is 1030 g/mol. The molecule has 0 fully saturated rings. The number of phosphoric acid groups is 1. The minimum atomic E-state index is -4.59. The number of rotatable bonds is 58. The van der Waals surface area contributed by atoms with Gasteiger partial charge in [-0.25, -0.2) is 0 Å². The topological polar surface area (TPSA) is 108 Å². The van der Waals surface area contributed by atoms with Gasteiger partial charge in [-0.2, -0.15) is 0 Å². The fourth-order valence-electron chi connectivity index (χ4n) is 9.40. The third kappa shape index (κ3) is 56.4. The molecule has 72 heavy (non-hydrogen) atoms. The molecule has 426 valence electrons. The molecule has 0 aromatic rings. The van der Waals surface area contributed by atoms with E-state index in [9.17, 15) is 19.4 Å². The Morgan fingerprint density at radius 2 is 0.778 bits per heavy atom. The third-order valence-corrected chi connectivity index (χ3v) is 15.3. The smallest absolute Gasteiger partial charge is 0.268 e. The van der Waals surface area contributed by atoms with Gasteiger partial charge in [0.1, 0.15) is 13.2 Å². The summed E-state index contributed by atoms with van der Waals surface area (Å²) in [6.07, 6.45) is 71.6. The summed E-state index contributed by atoms with van der Waals surface area (Å²) in [4.78, 5) is 25.3. The van der Waals surface area contributed by atoms with Crippen LogP contribution in [0.1, 0.15) is 309 Å². The zero-order valence-corrected chi connectivity index (χ0v) is 49.5. The van der Waals surface area contributed by atoms with Crippen LogP contribution in [-0.4, -0.2) is 68.5 Å². The molecule has 0 spiro atoms. The zero-order chi connectivity index (χ0) is 52.7. The Labute approximate surface area is 448 Å². The van der Waals surface area contributed by atoms with Crippen LogP contribution in [-0.2, 0) is 18.4 Å². The number of aliphatic hydroxyl groups is 1. The van der Waals surface area contributed by atoms with Crippen molar-refractivity contribution >= 4 is 13.7 Å². The summed E-state index contributed by atoms with van der Waals surface area (Å²) < 4.78 is 23.2. The number of hydrogen-bond acceptors (Lipinski definition) is 6. The van der Waals surface area contributed by atoms with Gasteiger partial charge in [-0.15, -0.1) is 0 Å². The molecule has 0 aliphatic rings. The molecular formula is C63H123N2O6P. The minimum absolute atomic E-state index is 0.00505. The second-order valence-electron chi connectivity index (χ2n) is 22.8. The number of phosphoric ester groups is 1. The molecule has 0 radical (unpaired) electrons. The molecule has 0 aliphatic heterocycles. The molecule has 0 bridgehead atoms. The summed E-state index contributed by atoms with van der Waals surface area (Å²) in [5.74, 6) is -0.205. The van der Waals surface area contributed by atoms with Crippen LogP contribution in [0.4, 0.5) is 0 Å². The fraction of sp³-hybridized carbons (Fsp3) is 0.889. The summed E-state index contributed by atoms with van der Waals surface area (Å²) in [5, 5.41) is 13.7. The van der Waals surface area contributed by atoms with Gasteiger partial charge in [-0.1, -0.05) is 281 Å². The number of quaternary nitrogens is 1.